The van der Waals surface area contributed by atoms with Gasteiger partial charge in [-0.2, -0.15) is 0 Å². The van der Waals surface area contributed by atoms with Crippen molar-refractivity contribution in [1.82, 2.24) is 0 Å². The van der Waals surface area contributed by atoms with Crippen LogP contribution in [-0.4, -0.2) is 5.33 Å². The van der Waals surface area contributed by atoms with E-state index < -0.39 is 0 Å². The zero-order chi connectivity index (χ0) is 8.72. The molecule has 0 aromatic carbocycles. The molecule has 0 N–H and O–H groups in total. The molecule has 66 valence electrons. The zero-order valence-corrected chi connectivity index (χ0v) is 10.9. The first-order valence-electron chi connectivity index (χ1n) is 3.73. The van der Waals surface area contributed by atoms with Crippen molar-refractivity contribution in [2.24, 2.45) is 5.92 Å². The van der Waals surface area contributed by atoms with Crippen LogP contribution in [0.15, 0.2) is 10.5 Å². The van der Waals surface area contributed by atoms with Crippen LogP contribution >= 0.6 is 54.8 Å². The topological polar surface area (TPSA) is 0 Å². The summed E-state index contributed by atoms with van der Waals surface area (Å²) >= 11 is 14.6. The maximum absolute atomic E-state index is 5.95. The Bertz CT molecular complexity index is 278. The average molecular weight is 330 g/mol. The Labute approximate surface area is 97.6 Å². The lowest BCUT2D eigenvalue weighted by Crippen LogP contribution is -1.78. The van der Waals surface area contributed by atoms with Gasteiger partial charge in [0.25, 0.3) is 0 Å². The van der Waals surface area contributed by atoms with Gasteiger partial charge in [0.15, 0.2) is 0 Å². The molecule has 2 atom stereocenters. The molecule has 2 rings (SSSR count). The molecule has 1 heterocycles. The highest BCUT2D eigenvalue weighted by Crippen LogP contribution is 2.52. The van der Waals surface area contributed by atoms with E-state index in [2.05, 4.69) is 37.9 Å². The van der Waals surface area contributed by atoms with Gasteiger partial charge in [-0.05, 0) is 40.3 Å². The monoisotopic (exact) mass is 328 g/mol. The molecule has 1 aliphatic rings. The van der Waals surface area contributed by atoms with Gasteiger partial charge in [-0.15, -0.1) is 11.3 Å². The molecule has 0 radical (unpaired) electrons. The minimum absolute atomic E-state index is 0.762. The van der Waals surface area contributed by atoms with Gasteiger partial charge < -0.3 is 0 Å². The minimum Gasteiger partial charge on any atom is -0.127 e. The van der Waals surface area contributed by atoms with Crippen molar-refractivity contribution in [3.63, 3.8) is 0 Å². The molecule has 0 amide bonds. The third kappa shape index (κ3) is 1.74. The Balaban J connectivity index is 2.15. The van der Waals surface area contributed by atoms with E-state index in [1.165, 1.54) is 11.3 Å². The highest BCUT2D eigenvalue weighted by atomic mass is 79.9. The fourth-order valence-corrected chi connectivity index (χ4v) is 3.97. The average Bonchev–Trinajstić information content (AvgIpc) is 2.75. The normalized spacial score (nSPS) is 27.6. The van der Waals surface area contributed by atoms with Crippen molar-refractivity contribution >= 4 is 54.8 Å². The fraction of sp³-hybridized carbons (Fsp3) is 0.500. The van der Waals surface area contributed by atoms with Gasteiger partial charge in [0.2, 0.25) is 0 Å². The lowest BCUT2D eigenvalue weighted by atomic mass is 10.3. The van der Waals surface area contributed by atoms with Crippen molar-refractivity contribution in [2.45, 2.75) is 12.3 Å². The molecule has 0 saturated heterocycles. The molecule has 0 bridgehead atoms. The second kappa shape index (κ2) is 3.60. The lowest BCUT2D eigenvalue weighted by Gasteiger charge is -1.89. The van der Waals surface area contributed by atoms with E-state index in [1.54, 1.807) is 11.3 Å². The van der Waals surface area contributed by atoms with E-state index in [9.17, 15) is 0 Å². The molecule has 0 aliphatic heterocycles. The van der Waals surface area contributed by atoms with Crippen LogP contribution in [0.25, 0.3) is 0 Å². The fourth-order valence-electron chi connectivity index (χ4n) is 1.31. The summed E-state index contributed by atoms with van der Waals surface area (Å²) in [6.45, 7) is 0. The van der Waals surface area contributed by atoms with Gasteiger partial charge in [-0.25, -0.2) is 0 Å². The quantitative estimate of drug-likeness (QED) is 0.692. The molecular weight excluding hydrogens is 323 g/mol. The van der Waals surface area contributed by atoms with E-state index in [4.69, 9.17) is 11.6 Å². The second-order valence-electron chi connectivity index (χ2n) is 3.03. The Morgan fingerprint density at radius 3 is 2.83 bits per heavy atom. The summed E-state index contributed by atoms with van der Waals surface area (Å²) in [6, 6.07) is 2.15. The largest absolute Gasteiger partial charge is 0.127 e. The van der Waals surface area contributed by atoms with E-state index in [-0.39, 0.29) is 0 Å². The molecule has 1 fully saturated rings. The van der Waals surface area contributed by atoms with E-state index in [0.717, 1.165) is 26.0 Å². The van der Waals surface area contributed by atoms with Crippen LogP contribution in [0.2, 0.25) is 4.34 Å². The van der Waals surface area contributed by atoms with E-state index >= 15 is 0 Å². The molecule has 1 saturated carbocycles. The Morgan fingerprint density at radius 1 is 1.67 bits per heavy atom. The first kappa shape index (κ1) is 9.50. The summed E-state index contributed by atoms with van der Waals surface area (Å²) in [5, 5.41) is 1.12. The molecule has 0 spiro atoms. The van der Waals surface area contributed by atoms with Gasteiger partial charge in [0.1, 0.15) is 4.34 Å². The first-order valence-corrected chi connectivity index (χ1v) is 6.84. The van der Waals surface area contributed by atoms with Crippen LogP contribution in [0, 0.1) is 5.92 Å². The maximum atomic E-state index is 5.95. The third-order valence-corrected chi connectivity index (χ3v) is 5.59. The predicted molar refractivity (Wildman–Crippen MR) is 61.7 cm³/mol. The zero-order valence-electron chi connectivity index (χ0n) is 6.19. The third-order valence-electron chi connectivity index (χ3n) is 2.15. The standard InChI is InChI=1S/C8H7Br2ClS/c9-3-4-1-5(4)7-2-6(10)8(11)12-7/h2,4-5H,1,3H2. The first-order chi connectivity index (χ1) is 5.72. The van der Waals surface area contributed by atoms with Crippen molar-refractivity contribution in [2.75, 3.05) is 5.33 Å². The summed E-state index contributed by atoms with van der Waals surface area (Å²) in [7, 11) is 0. The molecule has 0 nitrogen and oxygen atoms in total. The molecule has 1 aromatic rings. The molecule has 12 heavy (non-hydrogen) atoms. The maximum Gasteiger partial charge on any atom is 0.107 e. The Hall–Kier alpha value is 0.950. The number of alkyl halides is 1. The summed E-state index contributed by atoms with van der Waals surface area (Å²) in [5.74, 6) is 1.60. The summed E-state index contributed by atoms with van der Waals surface area (Å²) in [6.07, 6.45) is 1.31. The SMILES string of the molecule is Clc1sc(C2CC2CBr)cc1Br. The predicted octanol–water partition coefficient (Wildman–Crippen LogP) is 4.66. The summed E-state index contributed by atoms with van der Waals surface area (Å²) < 4.78 is 1.93. The Kier molecular flexibility index (Phi) is 2.85. The van der Waals surface area contributed by atoms with Crippen molar-refractivity contribution in [3.05, 3.63) is 19.8 Å². The second-order valence-corrected chi connectivity index (χ2v) is 6.21. The van der Waals surface area contributed by atoms with Crippen molar-refractivity contribution in [1.29, 1.82) is 0 Å². The van der Waals surface area contributed by atoms with Crippen LogP contribution in [0.5, 0.6) is 0 Å². The number of halogens is 3. The molecular formula is C8H7Br2ClS. The molecule has 4 heteroatoms. The van der Waals surface area contributed by atoms with Crippen molar-refractivity contribution < 1.29 is 0 Å². The number of hydrogen-bond acceptors (Lipinski definition) is 1. The van der Waals surface area contributed by atoms with Gasteiger partial charge in [-0.1, -0.05) is 27.5 Å². The Morgan fingerprint density at radius 2 is 2.42 bits per heavy atom. The van der Waals surface area contributed by atoms with Crippen LogP contribution in [0.3, 0.4) is 0 Å². The highest BCUT2D eigenvalue weighted by molar-refractivity contribution is 9.10. The van der Waals surface area contributed by atoms with Gasteiger partial charge >= 0.3 is 0 Å². The van der Waals surface area contributed by atoms with E-state index in [1.807, 2.05) is 0 Å². The van der Waals surface area contributed by atoms with E-state index in [0.29, 0.717) is 0 Å². The summed E-state index contributed by atoms with van der Waals surface area (Å²) in [5.41, 5.74) is 0. The van der Waals surface area contributed by atoms with Gasteiger partial charge in [0, 0.05) is 14.7 Å². The van der Waals surface area contributed by atoms with Crippen LogP contribution in [0.4, 0.5) is 0 Å². The number of hydrogen-bond donors (Lipinski definition) is 0. The lowest BCUT2D eigenvalue weighted by molar-refractivity contribution is 0.950. The van der Waals surface area contributed by atoms with Crippen LogP contribution < -0.4 is 0 Å². The van der Waals surface area contributed by atoms with Crippen LogP contribution in [-0.2, 0) is 0 Å². The number of thiophene rings is 1. The smallest absolute Gasteiger partial charge is 0.107 e. The minimum atomic E-state index is 0.762. The van der Waals surface area contributed by atoms with Crippen molar-refractivity contribution in [3.8, 4) is 0 Å². The molecule has 1 aromatic heterocycles. The number of rotatable bonds is 2. The van der Waals surface area contributed by atoms with Gasteiger partial charge in [0.05, 0.1) is 0 Å². The molecule has 2 unspecified atom stereocenters. The summed E-state index contributed by atoms with van der Waals surface area (Å²) in [4.78, 5) is 1.43. The van der Waals surface area contributed by atoms with Crippen LogP contribution in [0.1, 0.15) is 17.2 Å². The van der Waals surface area contributed by atoms with Gasteiger partial charge in [-0.3, -0.25) is 0 Å². The highest BCUT2D eigenvalue weighted by Gasteiger charge is 2.38. The molecule has 1 aliphatic carbocycles.